The van der Waals surface area contributed by atoms with Gasteiger partial charge >= 0.3 is 0 Å². The van der Waals surface area contributed by atoms with E-state index in [9.17, 15) is 20.4 Å². The van der Waals surface area contributed by atoms with E-state index in [2.05, 4.69) is 22.3 Å². The molecule has 0 saturated carbocycles. The molecule has 0 bridgehead atoms. The van der Waals surface area contributed by atoms with Gasteiger partial charge in [-0.3, -0.25) is 5.10 Å². The molecule has 33 heavy (non-hydrogen) atoms. The molecule has 2 aliphatic rings. The molecule has 3 heterocycles. The number of aliphatic hydroxyl groups is 4. The number of aromatic nitrogens is 2. The average molecular weight is 456 g/mol. The van der Waals surface area contributed by atoms with Crippen molar-refractivity contribution in [2.45, 2.75) is 56.9 Å². The Balaban J connectivity index is 1.40. The van der Waals surface area contributed by atoms with Crippen molar-refractivity contribution in [1.82, 2.24) is 10.2 Å². The van der Waals surface area contributed by atoms with E-state index >= 15 is 0 Å². The summed E-state index contributed by atoms with van der Waals surface area (Å²) < 4.78 is 17.1. The number of aryl methyl sites for hydroxylation is 3. The number of ether oxygens (including phenoxy) is 3. The first-order valence-electron chi connectivity index (χ1n) is 11.1. The number of H-pyrrole nitrogens is 1. The molecule has 1 aromatic heterocycles. The largest absolute Gasteiger partial charge is 0.493 e. The van der Waals surface area contributed by atoms with Gasteiger partial charge in [0, 0.05) is 12.1 Å². The number of aromatic amines is 1. The summed E-state index contributed by atoms with van der Waals surface area (Å²) in [6, 6.07) is 10.0. The molecule has 5 N–H and O–H groups in total. The number of nitrogens with one attached hydrogen (secondary N) is 1. The fourth-order valence-electron chi connectivity index (χ4n) is 4.54. The van der Waals surface area contributed by atoms with Crippen molar-refractivity contribution in [3.63, 3.8) is 0 Å². The van der Waals surface area contributed by atoms with Crippen molar-refractivity contribution in [3.8, 4) is 11.5 Å². The van der Waals surface area contributed by atoms with E-state index in [0.717, 1.165) is 41.8 Å². The van der Waals surface area contributed by atoms with Gasteiger partial charge < -0.3 is 34.6 Å². The van der Waals surface area contributed by atoms with Gasteiger partial charge in [-0.1, -0.05) is 12.1 Å². The molecule has 3 aromatic rings. The lowest BCUT2D eigenvalue weighted by molar-refractivity contribution is -0.277. The molecule has 2 aliphatic heterocycles. The van der Waals surface area contributed by atoms with Gasteiger partial charge in [0.2, 0.25) is 6.29 Å². The number of benzene rings is 2. The van der Waals surface area contributed by atoms with E-state index in [-0.39, 0.29) is 0 Å². The minimum absolute atomic E-state index is 0.445. The Kier molecular flexibility index (Phi) is 5.98. The van der Waals surface area contributed by atoms with Crippen LogP contribution in [0.15, 0.2) is 30.3 Å². The van der Waals surface area contributed by atoms with E-state index in [0.29, 0.717) is 17.7 Å². The minimum Gasteiger partial charge on any atom is -0.493 e. The average Bonchev–Trinajstić information content (AvgIpc) is 3.44. The number of hydrogen-bond donors (Lipinski definition) is 5. The van der Waals surface area contributed by atoms with Crippen molar-refractivity contribution >= 4 is 10.9 Å². The summed E-state index contributed by atoms with van der Waals surface area (Å²) in [5.41, 5.74) is 4.92. The number of hydrogen-bond acceptors (Lipinski definition) is 8. The Labute approximate surface area is 190 Å². The Morgan fingerprint density at radius 3 is 2.76 bits per heavy atom. The molecule has 9 heteroatoms. The van der Waals surface area contributed by atoms with Crippen molar-refractivity contribution < 1.29 is 34.6 Å². The minimum atomic E-state index is -1.51. The first-order chi connectivity index (χ1) is 15.9. The molecule has 1 saturated heterocycles. The number of rotatable bonds is 6. The maximum Gasteiger partial charge on any atom is 0.229 e. The van der Waals surface area contributed by atoms with Crippen LogP contribution in [0.3, 0.4) is 0 Å². The number of nitrogens with zero attached hydrogens (tertiary/aromatic N) is 1. The van der Waals surface area contributed by atoms with Crippen LogP contribution >= 0.6 is 0 Å². The smallest absolute Gasteiger partial charge is 0.229 e. The van der Waals surface area contributed by atoms with Crippen LogP contribution in [-0.4, -0.2) is 74.5 Å². The zero-order valence-corrected chi connectivity index (χ0v) is 18.3. The summed E-state index contributed by atoms with van der Waals surface area (Å²) in [4.78, 5) is 0. The molecule has 5 unspecified atom stereocenters. The van der Waals surface area contributed by atoms with Crippen molar-refractivity contribution in [3.05, 3.63) is 52.7 Å². The molecule has 9 nitrogen and oxygen atoms in total. The van der Waals surface area contributed by atoms with Crippen LogP contribution in [-0.2, 0) is 24.0 Å². The predicted molar refractivity (Wildman–Crippen MR) is 118 cm³/mol. The van der Waals surface area contributed by atoms with Gasteiger partial charge in [-0.2, -0.15) is 5.10 Å². The molecule has 2 aromatic carbocycles. The van der Waals surface area contributed by atoms with Crippen molar-refractivity contribution in [1.29, 1.82) is 0 Å². The topological polar surface area (TPSA) is 137 Å². The molecule has 5 rings (SSSR count). The second-order valence-electron chi connectivity index (χ2n) is 8.72. The third-order valence-electron chi connectivity index (χ3n) is 6.35. The van der Waals surface area contributed by atoms with E-state index in [4.69, 9.17) is 14.2 Å². The molecule has 0 amide bonds. The normalized spacial score (nSPS) is 26.9. The van der Waals surface area contributed by atoms with Gasteiger partial charge in [0.25, 0.3) is 0 Å². The first-order valence-corrected chi connectivity index (χ1v) is 11.1. The van der Waals surface area contributed by atoms with Crippen LogP contribution < -0.4 is 9.47 Å². The zero-order valence-electron chi connectivity index (χ0n) is 18.3. The Morgan fingerprint density at radius 1 is 1.09 bits per heavy atom. The lowest BCUT2D eigenvalue weighted by atomic mass is 9.99. The quantitative estimate of drug-likeness (QED) is 0.367. The summed E-state index contributed by atoms with van der Waals surface area (Å²) in [6.45, 7) is 2.11. The third kappa shape index (κ3) is 4.18. The van der Waals surface area contributed by atoms with Crippen LogP contribution in [0.4, 0.5) is 0 Å². The summed E-state index contributed by atoms with van der Waals surface area (Å²) >= 11 is 0. The Morgan fingerprint density at radius 2 is 1.94 bits per heavy atom. The summed E-state index contributed by atoms with van der Waals surface area (Å²) in [6.07, 6.45) is -4.33. The summed E-state index contributed by atoms with van der Waals surface area (Å²) in [5.74, 6) is 1.40. The maximum absolute atomic E-state index is 10.4. The van der Waals surface area contributed by atoms with E-state index in [1.807, 2.05) is 25.1 Å². The van der Waals surface area contributed by atoms with Crippen molar-refractivity contribution in [2.75, 3.05) is 13.2 Å². The molecule has 5 atom stereocenters. The predicted octanol–water partition coefficient (Wildman–Crippen LogP) is 0.770. The highest BCUT2D eigenvalue weighted by Crippen LogP contribution is 2.33. The Bertz CT molecular complexity index is 1150. The molecule has 0 radical (unpaired) electrons. The van der Waals surface area contributed by atoms with E-state index in [1.54, 1.807) is 0 Å². The van der Waals surface area contributed by atoms with Crippen LogP contribution in [0.1, 0.15) is 22.4 Å². The maximum atomic E-state index is 10.4. The molecule has 0 aliphatic carbocycles. The van der Waals surface area contributed by atoms with Gasteiger partial charge in [0.1, 0.15) is 35.9 Å². The van der Waals surface area contributed by atoms with E-state index < -0.39 is 37.3 Å². The molecule has 1 fully saturated rings. The molecular weight excluding hydrogens is 428 g/mol. The zero-order chi connectivity index (χ0) is 23.1. The second kappa shape index (κ2) is 8.92. The fourth-order valence-corrected chi connectivity index (χ4v) is 4.54. The highest BCUT2D eigenvalue weighted by molar-refractivity contribution is 5.88. The highest BCUT2D eigenvalue weighted by Gasteiger charge is 2.45. The lowest BCUT2D eigenvalue weighted by Gasteiger charge is -2.39. The molecule has 0 spiro atoms. The third-order valence-corrected chi connectivity index (χ3v) is 6.35. The van der Waals surface area contributed by atoms with Crippen LogP contribution in [0.5, 0.6) is 11.5 Å². The van der Waals surface area contributed by atoms with Crippen LogP contribution in [0.25, 0.3) is 10.9 Å². The van der Waals surface area contributed by atoms with Crippen LogP contribution in [0, 0.1) is 6.92 Å². The van der Waals surface area contributed by atoms with Crippen LogP contribution in [0.2, 0.25) is 0 Å². The van der Waals surface area contributed by atoms with Gasteiger partial charge in [-0.15, -0.1) is 0 Å². The first kappa shape index (κ1) is 22.1. The monoisotopic (exact) mass is 456 g/mol. The SMILES string of the molecule is Cc1cc(OC2OC(CO)C(O)C(O)C2O)c2c(CCc3ccc4c(c3)CCO4)[nH]nc2c1. The molecule has 176 valence electrons. The Hall–Kier alpha value is -2.69. The van der Waals surface area contributed by atoms with E-state index in [1.165, 1.54) is 11.1 Å². The fraction of sp³-hybridized carbons (Fsp3) is 0.458. The molecular formula is C24H28N2O7. The van der Waals surface area contributed by atoms with Crippen molar-refractivity contribution in [2.24, 2.45) is 0 Å². The van der Waals surface area contributed by atoms with Gasteiger partial charge in [0.15, 0.2) is 0 Å². The lowest BCUT2D eigenvalue weighted by Crippen LogP contribution is -2.60. The number of aliphatic hydroxyl groups excluding tert-OH is 4. The summed E-state index contributed by atoms with van der Waals surface area (Å²) in [5, 5.41) is 48.3. The highest BCUT2D eigenvalue weighted by atomic mass is 16.7. The summed E-state index contributed by atoms with van der Waals surface area (Å²) in [7, 11) is 0. The van der Waals surface area contributed by atoms with Gasteiger partial charge in [0.05, 0.1) is 24.1 Å². The second-order valence-corrected chi connectivity index (χ2v) is 8.72. The standard InChI is InChI=1S/C24H28N2O7/c1-12-8-16-20(18(9-12)32-24-23(30)22(29)21(28)19(11-27)33-24)15(25-26-16)4-2-13-3-5-17-14(10-13)6-7-31-17/h3,5,8-10,19,21-24,27-30H,2,4,6-7,11H2,1H3,(H,25,26). The van der Waals surface area contributed by atoms with Gasteiger partial charge in [-0.25, -0.2) is 0 Å². The number of fused-ring (bicyclic) bond motifs is 2. The van der Waals surface area contributed by atoms with Gasteiger partial charge in [-0.05, 0) is 54.7 Å².